The van der Waals surface area contributed by atoms with Crippen molar-refractivity contribution in [2.45, 2.75) is 6.92 Å². The second kappa shape index (κ2) is 12.4. The molecule has 6 heteroatoms. The lowest BCUT2D eigenvalue weighted by molar-refractivity contribution is 0.562. The number of aryl methyl sites for hydroxylation is 1. The van der Waals surface area contributed by atoms with Gasteiger partial charge in [0.15, 0.2) is 0 Å². The maximum absolute atomic E-state index is 13.1. The Morgan fingerprint density at radius 2 is 1.23 bits per heavy atom. The number of rotatable bonds is 6. The van der Waals surface area contributed by atoms with Gasteiger partial charge in [-0.05, 0) is 78.2 Å². The molecule has 48 heavy (non-hydrogen) atoms. The van der Waals surface area contributed by atoms with Crippen LogP contribution >= 0.6 is 15.9 Å². The molecule has 0 aliphatic heterocycles. The number of hydrogen-bond acceptors (Lipinski definition) is 4. The molecule has 3 aromatic heterocycles. The molecule has 3 heterocycles. The van der Waals surface area contributed by atoms with E-state index in [1.165, 1.54) is 0 Å². The summed E-state index contributed by atoms with van der Waals surface area (Å²) in [5, 5.41) is 5.96. The van der Waals surface area contributed by atoms with E-state index >= 15 is 0 Å². The lowest BCUT2D eigenvalue weighted by atomic mass is 9.96. The molecule has 0 amide bonds. The van der Waals surface area contributed by atoms with Crippen LogP contribution in [-0.2, 0) is 0 Å². The van der Waals surface area contributed by atoms with E-state index in [0.717, 1.165) is 71.6 Å². The van der Waals surface area contributed by atoms with Crippen LogP contribution in [0.25, 0.3) is 72.7 Å². The summed E-state index contributed by atoms with van der Waals surface area (Å²) < 4.78 is 8.77. The highest BCUT2D eigenvalue weighted by Gasteiger charge is 2.19. The fraction of sp³-hybridized carbons (Fsp3) is 0.0238. The topological polar surface area (TPSA) is 60.9 Å². The summed E-state index contributed by atoms with van der Waals surface area (Å²) in [6, 6.07) is 48.4. The Labute approximate surface area is 285 Å². The summed E-state index contributed by atoms with van der Waals surface area (Å²) in [5.74, 6) is 0. The molecule has 5 aromatic carbocycles. The summed E-state index contributed by atoms with van der Waals surface area (Å²) in [5.41, 5.74) is 10.9. The first-order valence-electron chi connectivity index (χ1n) is 15.6. The predicted molar refractivity (Wildman–Crippen MR) is 197 cm³/mol. The number of nitrogens with zero attached hydrogens (tertiary/aromatic N) is 3. The molecule has 0 aliphatic carbocycles. The quantitative estimate of drug-likeness (QED) is 0.163. The monoisotopic (exact) mass is 685 g/mol. The zero-order valence-electron chi connectivity index (χ0n) is 26.0. The molecule has 0 spiro atoms. The summed E-state index contributed by atoms with van der Waals surface area (Å²) in [6.07, 6.45) is 2.09. The van der Waals surface area contributed by atoms with Crippen LogP contribution in [-0.4, -0.2) is 14.8 Å². The highest BCUT2D eigenvalue weighted by atomic mass is 79.9. The molecule has 0 saturated heterocycles. The van der Waals surface area contributed by atoms with Gasteiger partial charge in [0.2, 0.25) is 0 Å². The van der Waals surface area contributed by atoms with Crippen molar-refractivity contribution in [2.75, 3.05) is 0 Å². The minimum atomic E-state index is -0.347. The first-order valence-corrected chi connectivity index (χ1v) is 16.4. The first kappa shape index (κ1) is 29.5. The minimum Gasteiger partial charge on any atom is -0.422 e. The van der Waals surface area contributed by atoms with Crippen molar-refractivity contribution in [2.24, 2.45) is 0 Å². The van der Waals surface area contributed by atoms with Crippen LogP contribution in [0.5, 0.6) is 0 Å². The third-order valence-corrected chi connectivity index (χ3v) is 9.11. The zero-order chi connectivity index (χ0) is 32.6. The summed E-state index contributed by atoms with van der Waals surface area (Å²) in [7, 11) is 0. The van der Waals surface area contributed by atoms with Crippen LogP contribution < -0.4 is 5.63 Å². The number of pyridine rings is 1. The summed E-state index contributed by atoms with van der Waals surface area (Å²) in [6.45, 7) is 1.98. The van der Waals surface area contributed by atoms with Gasteiger partial charge in [0.05, 0.1) is 22.6 Å². The molecule has 0 atom stereocenters. The van der Waals surface area contributed by atoms with Gasteiger partial charge >= 0.3 is 5.63 Å². The Bertz CT molecular complexity index is 2470. The molecule has 8 rings (SSSR count). The third-order valence-electron chi connectivity index (χ3n) is 8.58. The van der Waals surface area contributed by atoms with E-state index in [9.17, 15) is 4.79 Å². The third kappa shape index (κ3) is 5.57. The molecule has 0 radical (unpaired) electrons. The maximum atomic E-state index is 13.1. The molecule has 0 aliphatic rings. The highest BCUT2D eigenvalue weighted by molar-refractivity contribution is 9.10. The van der Waals surface area contributed by atoms with Gasteiger partial charge in [-0.2, -0.15) is 5.10 Å². The second-order valence-electron chi connectivity index (χ2n) is 11.6. The second-order valence-corrected chi connectivity index (χ2v) is 12.6. The minimum absolute atomic E-state index is 0.347. The summed E-state index contributed by atoms with van der Waals surface area (Å²) >= 11 is 3.58. The van der Waals surface area contributed by atoms with E-state index < -0.39 is 0 Å². The number of benzene rings is 5. The molecular formula is C42H28BrN3O2. The lowest BCUT2D eigenvalue weighted by Crippen LogP contribution is -2.06. The van der Waals surface area contributed by atoms with Crippen LogP contribution in [0.15, 0.2) is 165 Å². The largest absolute Gasteiger partial charge is 0.422 e. The number of para-hydroxylation sites is 1. The maximum Gasteiger partial charge on any atom is 0.344 e. The van der Waals surface area contributed by atoms with Gasteiger partial charge in [-0.3, -0.25) is 0 Å². The van der Waals surface area contributed by atoms with E-state index in [0.29, 0.717) is 11.1 Å². The van der Waals surface area contributed by atoms with Gasteiger partial charge in [0.25, 0.3) is 0 Å². The van der Waals surface area contributed by atoms with Crippen molar-refractivity contribution < 1.29 is 4.42 Å². The van der Waals surface area contributed by atoms with E-state index in [-0.39, 0.29) is 5.63 Å². The Kier molecular flexibility index (Phi) is 7.63. The molecule has 5 nitrogen and oxygen atoms in total. The van der Waals surface area contributed by atoms with Gasteiger partial charge in [-0.15, -0.1) is 0 Å². The smallest absolute Gasteiger partial charge is 0.344 e. The van der Waals surface area contributed by atoms with Crippen molar-refractivity contribution >= 4 is 26.9 Å². The molecule has 0 saturated carbocycles. The molecule has 230 valence electrons. The molecular weight excluding hydrogens is 658 g/mol. The Morgan fingerprint density at radius 1 is 0.625 bits per heavy atom. The van der Waals surface area contributed by atoms with Crippen LogP contribution in [0, 0.1) is 6.92 Å². The summed E-state index contributed by atoms with van der Waals surface area (Å²) in [4.78, 5) is 18.3. The lowest BCUT2D eigenvalue weighted by Gasteiger charge is -2.12. The van der Waals surface area contributed by atoms with Crippen LogP contribution in [0.4, 0.5) is 0 Å². The fourth-order valence-electron chi connectivity index (χ4n) is 6.16. The fourth-order valence-corrected chi connectivity index (χ4v) is 6.42. The highest BCUT2D eigenvalue weighted by Crippen LogP contribution is 2.37. The number of halogens is 1. The first-order chi connectivity index (χ1) is 23.5. The van der Waals surface area contributed by atoms with Gasteiger partial charge < -0.3 is 4.42 Å². The van der Waals surface area contributed by atoms with Crippen molar-refractivity contribution in [3.8, 4) is 61.7 Å². The van der Waals surface area contributed by atoms with Crippen LogP contribution in [0.2, 0.25) is 0 Å². The average Bonchev–Trinajstić information content (AvgIpc) is 3.59. The van der Waals surface area contributed by atoms with Crippen LogP contribution in [0.1, 0.15) is 5.56 Å². The Balaban J connectivity index is 1.35. The van der Waals surface area contributed by atoms with E-state index in [1.807, 2.05) is 103 Å². The molecule has 0 N–H and O–H groups in total. The van der Waals surface area contributed by atoms with Crippen molar-refractivity contribution in [1.29, 1.82) is 0 Å². The number of hydrogen-bond donors (Lipinski definition) is 0. The number of fused-ring (bicyclic) bond motifs is 1. The average molecular weight is 687 g/mol. The standard InChI is InChI=1S/C42H28BrN3O2/c1-27-35-23-31(19-22-39(35)48-42(47)40(27)29-11-5-2-6-12-29)38-25-32(24-37(44-38)28-17-20-33(43)21-18-28)36-26-46(34-15-9-4-10-16-34)45-41(36)30-13-7-3-8-14-30/h2-26H,1H3. The molecule has 0 bridgehead atoms. The van der Waals surface area contributed by atoms with E-state index in [1.54, 1.807) is 0 Å². The van der Waals surface area contributed by atoms with Gasteiger partial charge in [-0.1, -0.05) is 107 Å². The van der Waals surface area contributed by atoms with E-state index in [4.69, 9.17) is 14.5 Å². The van der Waals surface area contributed by atoms with Crippen molar-refractivity contribution in [3.63, 3.8) is 0 Å². The SMILES string of the molecule is Cc1c(-c2ccccc2)c(=O)oc2ccc(-c3cc(-c4cn(-c5ccccc5)nc4-c4ccccc4)cc(-c4ccc(Br)cc4)n3)cc12. The Morgan fingerprint density at radius 3 is 1.92 bits per heavy atom. The Hall–Kier alpha value is -5.85. The molecule has 0 fully saturated rings. The van der Waals surface area contributed by atoms with Crippen molar-refractivity contribution in [1.82, 2.24) is 14.8 Å². The normalized spacial score (nSPS) is 11.2. The molecule has 0 unspecified atom stereocenters. The van der Waals surface area contributed by atoms with Gasteiger partial charge in [-0.25, -0.2) is 14.5 Å². The predicted octanol–water partition coefficient (Wildman–Crippen LogP) is 10.8. The van der Waals surface area contributed by atoms with Crippen molar-refractivity contribution in [3.05, 3.63) is 172 Å². The number of aromatic nitrogens is 3. The molecule has 8 aromatic rings. The van der Waals surface area contributed by atoms with Crippen LogP contribution in [0.3, 0.4) is 0 Å². The van der Waals surface area contributed by atoms with Gasteiger partial charge in [0.1, 0.15) is 11.3 Å². The van der Waals surface area contributed by atoms with Gasteiger partial charge in [0, 0.05) is 38.3 Å². The zero-order valence-corrected chi connectivity index (χ0v) is 27.6. The van der Waals surface area contributed by atoms with E-state index in [2.05, 4.69) is 76.7 Å².